The standard InChI is InChI=1S/C20H18ClFN2O3/c1-11(2)10-24-16-9-13(7-8-17(16)27-12(3)20(24)26)23-19(25)18-14(21)5-4-6-15(18)22/h4-9,12H,1,10H2,2-3H3,(H,23,25). The van der Waals surface area contributed by atoms with Crippen LogP contribution in [0.4, 0.5) is 15.8 Å². The molecule has 1 unspecified atom stereocenters. The number of amides is 2. The fraction of sp³-hybridized carbons (Fsp3) is 0.200. The van der Waals surface area contributed by atoms with Crippen molar-refractivity contribution in [2.45, 2.75) is 20.0 Å². The molecule has 1 heterocycles. The molecule has 140 valence electrons. The maximum atomic E-state index is 13.9. The van der Waals surface area contributed by atoms with E-state index in [1.54, 1.807) is 30.0 Å². The molecule has 0 aliphatic carbocycles. The first-order valence-corrected chi connectivity index (χ1v) is 8.67. The van der Waals surface area contributed by atoms with Crippen LogP contribution in [0.2, 0.25) is 5.02 Å². The molecule has 5 nitrogen and oxygen atoms in total. The number of nitrogens with one attached hydrogen (secondary N) is 1. The average Bonchev–Trinajstić information content (AvgIpc) is 2.59. The Hall–Kier alpha value is -2.86. The zero-order chi connectivity index (χ0) is 19.7. The molecule has 0 saturated heterocycles. The van der Waals surface area contributed by atoms with Crippen LogP contribution >= 0.6 is 11.6 Å². The predicted molar refractivity (Wildman–Crippen MR) is 103 cm³/mol. The number of halogens is 2. The van der Waals surface area contributed by atoms with Crippen molar-refractivity contribution in [1.29, 1.82) is 0 Å². The Labute approximate surface area is 161 Å². The number of hydrogen-bond donors (Lipinski definition) is 1. The molecular formula is C20H18ClFN2O3. The topological polar surface area (TPSA) is 58.6 Å². The number of carbonyl (C=O) groups is 2. The molecule has 0 fully saturated rings. The van der Waals surface area contributed by atoms with E-state index < -0.39 is 17.8 Å². The van der Waals surface area contributed by atoms with E-state index in [0.717, 1.165) is 11.6 Å². The van der Waals surface area contributed by atoms with Crippen molar-refractivity contribution in [2.24, 2.45) is 0 Å². The first-order chi connectivity index (χ1) is 12.8. The molecule has 1 atom stereocenters. The summed E-state index contributed by atoms with van der Waals surface area (Å²) in [5.74, 6) is -1.08. The molecule has 27 heavy (non-hydrogen) atoms. The van der Waals surface area contributed by atoms with E-state index in [4.69, 9.17) is 16.3 Å². The first-order valence-electron chi connectivity index (χ1n) is 8.29. The van der Waals surface area contributed by atoms with Crippen LogP contribution in [0, 0.1) is 5.82 Å². The van der Waals surface area contributed by atoms with Gasteiger partial charge in [-0.1, -0.05) is 29.8 Å². The predicted octanol–water partition coefficient (Wildman–Crippen LogP) is 4.42. The number of hydrogen-bond acceptors (Lipinski definition) is 3. The number of ether oxygens (including phenoxy) is 1. The second-order valence-corrected chi connectivity index (χ2v) is 6.78. The fourth-order valence-corrected chi connectivity index (χ4v) is 3.07. The summed E-state index contributed by atoms with van der Waals surface area (Å²) >= 11 is 5.94. The summed E-state index contributed by atoms with van der Waals surface area (Å²) in [6, 6.07) is 8.90. The molecule has 7 heteroatoms. The second-order valence-electron chi connectivity index (χ2n) is 6.37. The molecule has 0 aromatic heterocycles. The van der Waals surface area contributed by atoms with E-state index in [2.05, 4.69) is 11.9 Å². The van der Waals surface area contributed by atoms with Crippen molar-refractivity contribution in [2.75, 3.05) is 16.8 Å². The summed E-state index contributed by atoms with van der Waals surface area (Å²) in [7, 11) is 0. The van der Waals surface area contributed by atoms with Gasteiger partial charge in [0.2, 0.25) is 0 Å². The first kappa shape index (κ1) is 18.9. The van der Waals surface area contributed by atoms with Crippen molar-refractivity contribution in [1.82, 2.24) is 0 Å². The number of benzene rings is 2. The van der Waals surface area contributed by atoms with E-state index in [0.29, 0.717) is 23.7 Å². The van der Waals surface area contributed by atoms with E-state index in [9.17, 15) is 14.0 Å². The van der Waals surface area contributed by atoms with Gasteiger partial charge in [-0.05, 0) is 44.2 Å². The highest BCUT2D eigenvalue weighted by molar-refractivity contribution is 6.34. The highest BCUT2D eigenvalue weighted by Crippen LogP contribution is 2.37. The van der Waals surface area contributed by atoms with Gasteiger partial charge in [-0.2, -0.15) is 0 Å². The van der Waals surface area contributed by atoms with Crippen LogP contribution in [0.15, 0.2) is 48.6 Å². The van der Waals surface area contributed by atoms with Crippen LogP contribution in [-0.2, 0) is 4.79 Å². The molecule has 2 amide bonds. The number of anilines is 2. The van der Waals surface area contributed by atoms with Crippen molar-refractivity contribution < 1.29 is 18.7 Å². The molecule has 1 aliphatic heterocycles. The molecule has 0 bridgehead atoms. The number of rotatable bonds is 4. The number of nitrogens with zero attached hydrogens (tertiary/aromatic N) is 1. The van der Waals surface area contributed by atoms with E-state index >= 15 is 0 Å². The third-order valence-electron chi connectivity index (χ3n) is 4.04. The Balaban J connectivity index is 1.93. The van der Waals surface area contributed by atoms with Gasteiger partial charge in [0, 0.05) is 12.2 Å². The molecule has 1 N–H and O–H groups in total. The van der Waals surface area contributed by atoms with Crippen LogP contribution < -0.4 is 15.0 Å². The molecule has 0 saturated carbocycles. The molecule has 3 rings (SSSR count). The van der Waals surface area contributed by atoms with Gasteiger partial charge < -0.3 is 15.0 Å². The Bertz CT molecular complexity index is 925. The highest BCUT2D eigenvalue weighted by Gasteiger charge is 2.31. The van der Waals surface area contributed by atoms with E-state index in [-0.39, 0.29) is 16.5 Å². The molecule has 2 aromatic rings. The van der Waals surface area contributed by atoms with Crippen LogP contribution in [0.5, 0.6) is 5.75 Å². The summed E-state index contributed by atoms with van der Waals surface area (Å²) in [6.45, 7) is 7.67. The summed E-state index contributed by atoms with van der Waals surface area (Å²) in [5.41, 5.74) is 1.46. The average molecular weight is 389 g/mol. The van der Waals surface area contributed by atoms with Crippen molar-refractivity contribution in [3.05, 3.63) is 65.0 Å². The Kier molecular flexibility index (Phi) is 5.19. The monoisotopic (exact) mass is 388 g/mol. The second kappa shape index (κ2) is 7.40. The van der Waals surface area contributed by atoms with Gasteiger partial charge in [-0.3, -0.25) is 9.59 Å². The lowest BCUT2D eigenvalue weighted by atomic mass is 10.1. The van der Waals surface area contributed by atoms with Crippen molar-refractivity contribution in [3.8, 4) is 5.75 Å². The maximum Gasteiger partial charge on any atom is 0.268 e. The quantitative estimate of drug-likeness (QED) is 0.789. The lowest BCUT2D eigenvalue weighted by Gasteiger charge is -2.33. The van der Waals surface area contributed by atoms with Gasteiger partial charge in [0.15, 0.2) is 6.10 Å². The Morgan fingerprint density at radius 3 is 2.78 bits per heavy atom. The van der Waals surface area contributed by atoms with Crippen molar-refractivity contribution >= 4 is 34.8 Å². The van der Waals surface area contributed by atoms with Gasteiger partial charge >= 0.3 is 0 Å². The van der Waals surface area contributed by atoms with Crippen LogP contribution in [0.1, 0.15) is 24.2 Å². The van der Waals surface area contributed by atoms with Gasteiger partial charge in [-0.15, -0.1) is 0 Å². The minimum Gasteiger partial charge on any atom is -0.479 e. The normalized spacial score (nSPS) is 15.8. The Morgan fingerprint density at radius 1 is 1.37 bits per heavy atom. The third kappa shape index (κ3) is 3.80. The SMILES string of the molecule is C=C(C)CN1C(=O)C(C)Oc2ccc(NC(=O)c3c(F)cccc3Cl)cc21. The third-order valence-corrected chi connectivity index (χ3v) is 4.36. The summed E-state index contributed by atoms with van der Waals surface area (Å²) in [5, 5.41) is 2.63. The summed E-state index contributed by atoms with van der Waals surface area (Å²) in [4.78, 5) is 26.5. The molecule has 0 spiro atoms. The minimum absolute atomic E-state index is 0.0155. The zero-order valence-corrected chi connectivity index (χ0v) is 15.6. The number of carbonyl (C=O) groups excluding carboxylic acids is 2. The van der Waals surface area contributed by atoms with Crippen LogP contribution in [-0.4, -0.2) is 24.5 Å². The number of fused-ring (bicyclic) bond motifs is 1. The summed E-state index contributed by atoms with van der Waals surface area (Å²) < 4.78 is 19.6. The lowest BCUT2D eigenvalue weighted by Crippen LogP contribution is -2.45. The van der Waals surface area contributed by atoms with Gasteiger partial charge in [0.1, 0.15) is 11.6 Å². The maximum absolute atomic E-state index is 13.9. The van der Waals surface area contributed by atoms with Crippen LogP contribution in [0.25, 0.3) is 0 Å². The largest absolute Gasteiger partial charge is 0.479 e. The molecule has 2 aromatic carbocycles. The smallest absolute Gasteiger partial charge is 0.268 e. The fourth-order valence-electron chi connectivity index (χ4n) is 2.83. The van der Waals surface area contributed by atoms with E-state index in [1.807, 2.05) is 6.92 Å². The highest BCUT2D eigenvalue weighted by atomic mass is 35.5. The van der Waals surface area contributed by atoms with Gasteiger partial charge in [0.25, 0.3) is 11.8 Å². The molecular weight excluding hydrogens is 371 g/mol. The van der Waals surface area contributed by atoms with Crippen LogP contribution in [0.3, 0.4) is 0 Å². The molecule has 0 radical (unpaired) electrons. The van der Waals surface area contributed by atoms with Gasteiger partial charge in [-0.25, -0.2) is 4.39 Å². The lowest BCUT2D eigenvalue weighted by molar-refractivity contribution is -0.125. The van der Waals surface area contributed by atoms with Gasteiger partial charge in [0.05, 0.1) is 16.3 Å². The Morgan fingerprint density at radius 2 is 2.11 bits per heavy atom. The van der Waals surface area contributed by atoms with Crippen molar-refractivity contribution in [3.63, 3.8) is 0 Å². The van der Waals surface area contributed by atoms with E-state index in [1.165, 1.54) is 12.1 Å². The minimum atomic E-state index is -0.714. The summed E-state index contributed by atoms with van der Waals surface area (Å²) in [6.07, 6.45) is -0.616. The zero-order valence-electron chi connectivity index (χ0n) is 14.9. The molecule has 1 aliphatic rings.